The Labute approximate surface area is 122 Å². The van der Waals surface area contributed by atoms with E-state index in [1.54, 1.807) is 18.4 Å². The van der Waals surface area contributed by atoms with Crippen molar-refractivity contribution in [1.29, 1.82) is 0 Å². The second kappa shape index (κ2) is 5.25. The first-order valence-corrected chi connectivity index (χ1v) is 7.67. The lowest BCUT2D eigenvalue weighted by Crippen LogP contribution is -2.12. The van der Waals surface area contributed by atoms with Crippen LogP contribution in [0.3, 0.4) is 0 Å². The number of anilines is 1. The van der Waals surface area contributed by atoms with Crippen LogP contribution >= 0.6 is 23.1 Å². The lowest BCUT2D eigenvalue weighted by molar-refractivity contribution is 0.765. The molecule has 0 bridgehead atoms. The zero-order chi connectivity index (χ0) is 14.1. The molecule has 3 heterocycles. The molecule has 3 rings (SSSR count). The van der Waals surface area contributed by atoms with E-state index in [0.717, 1.165) is 21.8 Å². The van der Waals surface area contributed by atoms with Crippen LogP contribution in [0.4, 0.5) is 5.95 Å². The van der Waals surface area contributed by atoms with Gasteiger partial charge in [0, 0.05) is 19.0 Å². The van der Waals surface area contributed by atoms with Gasteiger partial charge >= 0.3 is 5.69 Å². The number of thiophene rings is 1. The number of aromatic amines is 1. The second-order valence-corrected chi connectivity index (χ2v) is 5.85. The molecule has 0 aliphatic carbocycles. The molecule has 0 aliphatic rings. The predicted octanol–water partition coefficient (Wildman–Crippen LogP) is 1.70. The van der Waals surface area contributed by atoms with E-state index >= 15 is 0 Å². The zero-order valence-electron chi connectivity index (χ0n) is 10.9. The van der Waals surface area contributed by atoms with Crippen molar-refractivity contribution in [3.05, 3.63) is 21.9 Å². The summed E-state index contributed by atoms with van der Waals surface area (Å²) in [5, 5.41) is 13.8. The van der Waals surface area contributed by atoms with Gasteiger partial charge in [-0.1, -0.05) is 0 Å². The van der Waals surface area contributed by atoms with Crippen molar-refractivity contribution in [2.75, 3.05) is 11.9 Å². The number of hydrogen-bond donors (Lipinski definition) is 2. The van der Waals surface area contributed by atoms with Gasteiger partial charge < -0.3 is 5.32 Å². The van der Waals surface area contributed by atoms with Crippen molar-refractivity contribution in [1.82, 2.24) is 24.7 Å². The first kappa shape index (κ1) is 13.1. The molecule has 3 aromatic rings. The average molecular weight is 308 g/mol. The summed E-state index contributed by atoms with van der Waals surface area (Å²) in [5.41, 5.74) is -0.241. The molecule has 0 aliphatic heterocycles. The van der Waals surface area contributed by atoms with Crippen LogP contribution < -0.4 is 11.0 Å². The zero-order valence-corrected chi connectivity index (χ0v) is 12.5. The minimum atomic E-state index is -0.241. The molecule has 0 unspecified atom stereocenters. The van der Waals surface area contributed by atoms with E-state index in [4.69, 9.17) is 0 Å². The smallest absolute Gasteiger partial charge is 0.343 e. The molecular weight excluding hydrogens is 296 g/mol. The van der Waals surface area contributed by atoms with E-state index in [-0.39, 0.29) is 5.69 Å². The number of rotatable bonds is 4. The Balaban J connectivity index is 2.07. The molecule has 0 spiro atoms. The van der Waals surface area contributed by atoms with Crippen molar-refractivity contribution in [2.45, 2.75) is 17.1 Å². The highest BCUT2D eigenvalue weighted by Crippen LogP contribution is 2.32. The van der Waals surface area contributed by atoms with E-state index in [1.807, 2.05) is 18.4 Å². The number of fused-ring (bicyclic) bond motifs is 1. The molecule has 0 aromatic carbocycles. The molecule has 20 heavy (non-hydrogen) atoms. The largest absolute Gasteiger partial charge is 0.354 e. The maximum Gasteiger partial charge on any atom is 0.343 e. The maximum atomic E-state index is 11.4. The van der Waals surface area contributed by atoms with Gasteiger partial charge in [-0.25, -0.2) is 19.9 Å². The van der Waals surface area contributed by atoms with Crippen molar-refractivity contribution >= 4 is 39.3 Å². The van der Waals surface area contributed by atoms with Crippen LogP contribution in [0.25, 0.3) is 10.2 Å². The van der Waals surface area contributed by atoms with Crippen LogP contribution in [0.2, 0.25) is 0 Å². The predicted molar refractivity (Wildman–Crippen MR) is 79.5 cm³/mol. The highest BCUT2D eigenvalue weighted by molar-refractivity contribution is 7.99. The Hall–Kier alpha value is -1.87. The van der Waals surface area contributed by atoms with Crippen LogP contribution in [0.15, 0.2) is 26.4 Å². The topological polar surface area (TPSA) is 88.5 Å². The summed E-state index contributed by atoms with van der Waals surface area (Å²) in [6.07, 6.45) is 0. The van der Waals surface area contributed by atoms with Gasteiger partial charge in [0.1, 0.15) is 9.86 Å². The SMILES string of the molecule is CCNc1nc(Sc2n[nH]c(=O)n2C)c2ccsc2n1. The summed E-state index contributed by atoms with van der Waals surface area (Å²) in [6, 6.07) is 1.98. The summed E-state index contributed by atoms with van der Waals surface area (Å²) < 4.78 is 1.46. The van der Waals surface area contributed by atoms with Crippen molar-refractivity contribution < 1.29 is 0 Å². The number of aromatic nitrogens is 5. The van der Waals surface area contributed by atoms with Gasteiger partial charge in [0.25, 0.3) is 0 Å². The molecule has 0 saturated carbocycles. The first-order chi connectivity index (χ1) is 9.69. The Morgan fingerprint density at radius 3 is 3.05 bits per heavy atom. The van der Waals surface area contributed by atoms with Crippen molar-refractivity contribution in [3.63, 3.8) is 0 Å². The normalized spacial score (nSPS) is 11.1. The van der Waals surface area contributed by atoms with Crippen LogP contribution in [-0.2, 0) is 7.05 Å². The molecule has 9 heteroatoms. The third-order valence-electron chi connectivity index (χ3n) is 2.65. The fourth-order valence-corrected chi connectivity index (χ4v) is 3.37. The molecule has 0 atom stereocenters. The van der Waals surface area contributed by atoms with Gasteiger partial charge in [-0.15, -0.1) is 16.4 Å². The fraction of sp³-hybridized carbons (Fsp3) is 0.273. The lowest BCUT2D eigenvalue weighted by atomic mass is 10.4. The Kier molecular flexibility index (Phi) is 3.45. The fourth-order valence-electron chi connectivity index (χ4n) is 1.65. The minimum Gasteiger partial charge on any atom is -0.354 e. The third kappa shape index (κ3) is 2.29. The molecule has 0 amide bonds. The van der Waals surface area contributed by atoms with Gasteiger partial charge in [-0.2, -0.15) is 0 Å². The van der Waals surface area contributed by atoms with E-state index < -0.39 is 0 Å². The first-order valence-electron chi connectivity index (χ1n) is 5.97. The standard InChI is InChI=1S/C11H12N6OS2/c1-3-12-9-13-7-6(4-5-19-7)8(14-9)20-11-16-15-10(18)17(11)2/h4-5H,3H2,1-2H3,(H,15,18)(H,12,13,14). The number of nitrogens with one attached hydrogen (secondary N) is 2. The maximum absolute atomic E-state index is 11.4. The number of hydrogen-bond acceptors (Lipinski definition) is 7. The third-order valence-corrected chi connectivity index (χ3v) is 4.51. The molecule has 0 saturated heterocycles. The van der Waals surface area contributed by atoms with E-state index in [9.17, 15) is 4.79 Å². The highest BCUT2D eigenvalue weighted by Gasteiger charge is 2.13. The van der Waals surface area contributed by atoms with Crippen molar-refractivity contribution in [3.8, 4) is 0 Å². The van der Waals surface area contributed by atoms with Gasteiger partial charge in [-0.05, 0) is 30.1 Å². The molecule has 0 fully saturated rings. The summed E-state index contributed by atoms with van der Waals surface area (Å²) in [5.74, 6) is 0.588. The molecule has 2 N–H and O–H groups in total. The monoisotopic (exact) mass is 308 g/mol. The summed E-state index contributed by atoms with van der Waals surface area (Å²) in [6.45, 7) is 2.74. The molecule has 104 valence electrons. The summed E-state index contributed by atoms with van der Waals surface area (Å²) >= 11 is 2.91. The van der Waals surface area contributed by atoms with Crippen LogP contribution in [0.5, 0.6) is 0 Å². The number of H-pyrrole nitrogens is 1. The summed E-state index contributed by atoms with van der Waals surface area (Å²) in [7, 11) is 1.67. The molecule has 0 radical (unpaired) electrons. The van der Waals surface area contributed by atoms with Crippen molar-refractivity contribution in [2.24, 2.45) is 7.05 Å². The van der Waals surface area contributed by atoms with E-state index in [0.29, 0.717) is 11.1 Å². The van der Waals surface area contributed by atoms with Gasteiger partial charge in [0.2, 0.25) is 5.95 Å². The molecule has 3 aromatic heterocycles. The Morgan fingerprint density at radius 1 is 1.50 bits per heavy atom. The molecular formula is C11H12N6OS2. The average Bonchev–Trinajstić information content (AvgIpc) is 3.01. The Bertz CT molecular complexity index is 805. The number of nitrogens with zero attached hydrogens (tertiary/aromatic N) is 4. The van der Waals surface area contributed by atoms with E-state index in [2.05, 4.69) is 25.5 Å². The second-order valence-electron chi connectivity index (χ2n) is 3.99. The van der Waals surface area contributed by atoms with Crippen LogP contribution in [-0.4, -0.2) is 31.3 Å². The summed E-state index contributed by atoms with van der Waals surface area (Å²) in [4.78, 5) is 21.2. The van der Waals surface area contributed by atoms with Crippen LogP contribution in [0.1, 0.15) is 6.92 Å². The van der Waals surface area contributed by atoms with Gasteiger partial charge in [-0.3, -0.25) is 4.57 Å². The van der Waals surface area contributed by atoms with Gasteiger partial charge in [0.15, 0.2) is 5.16 Å². The quantitative estimate of drug-likeness (QED) is 0.713. The highest BCUT2D eigenvalue weighted by atomic mass is 32.2. The minimum absolute atomic E-state index is 0.241. The lowest BCUT2D eigenvalue weighted by Gasteiger charge is -2.05. The van der Waals surface area contributed by atoms with Gasteiger partial charge in [0.05, 0.1) is 0 Å². The van der Waals surface area contributed by atoms with Crippen LogP contribution in [0, 0.1) is 0 Å². The molecule has 7 nitrogen and oxygen atoms in total. The van der Waals surface area contributed by atoms with E-state index in [1.165, 1.54) is 16.3 Å². The Morgan fingerprint density at radius 2 is 2.35 bits per heavy atom.